The Hall–Kier alpha value is -0.580. The van der Waals surface area contributed by atoms with Crippen LogP contribution in [0.2, 0.25) is 0 Å². The highest BCUT2D eigenvalue weighted by atomic mass is 35.5. The standard InChI is InChI=1S/C17H30N4.ClH/c1-13-15(14(2)21(19-13)16(3,4)5)10-20-9-7-17(12-20)6-8-18-11-17;/h18H,6-12H2,1-5H3;1H. The Balaban J connectivity index is 0.00000176. The van der Waals surface area contributed by atoms with Crippen molar-refractivity contribution >= 4 is 12.4 Å². The molecule has 2 fully saturated rings. The SMILES string of the molecule is Cc1nn(C(C)(C)C)c(C)c1CN1CCC2(CCNC2)C1.Cl. The summed E-state index contributed by atoms with van der Waals surface area (Å²) in [5, 5.41) is 8.33. The third-order valence-electron chi connectivity index (χ3n) is 5.31. The summed E-state index contributed by atoms with van der Waals surface area (Å²) in [6, 6.07) is 0. The van der Waals surface area contributed by atoms with Gasteiger partial charge in [0.2, 0.25) is 0 Å². The summed E-state index contributed by atoms with van der Waals surface area (Å²) in [5.41, 5.74) is 4.60. The summed E-state index contributed by atoms with van der Waals surface area (Å²) >= 11 is 0. The third kappa shape index (κ3) is 3.19. The lowest BCUT2D eigenvalue weighted by Gasteiger charge is -2.24. The molecule has 2 aliphatic heterocycles. The highest BCUT2D eigenvalue weighted by molar-refractivity contribution is 5.85. The van der Waals surface area contributed by atoms with E-state index in [-0.39, 0.29) is 17.9 Å². The molecule has 1 aromatic rings. The molecule has 1 N–H and O–H groups in total. The first-order valence-electron chi connectivity index (χ1n) is 8.29. The molecule has 22 heavy (non-hydrogen) atoms. The molecule has 0 aliphatic carbocycles. The fraction of sp³-hybridized carbons (Fsp3) is 0.824. The molecule has 1 atom stereocenters. The van der Waals surface area contributed by atoms with Gasteiger partial charge in [0.25, 0.3) is 0 Å². The Morgan fingerprint density at radius 3 is 2.50 bits per heavy atom. The minimum absolute atomic E-state index is 0. The largest absolute Gasteiger partial charge is 0.316 e. The number of hydrogen-bond acceptors (Lipinski definition) is 3. The molecule has 5 heteroatoms. The van der Waals surface area contributed by atoms with Crippen molar-refractivity contribution in [2.45, 2.75) is 59.5 Å². The second kappa shape index (κ2) is 6.14. The van der Waals surface area contributed by atoms with E-state index in [4.69, 9.17) is 5.10 Å². The zero-order chi connectivity index (χ0) is 15.3. The predicted molar refractivity (Wildman–Crippen MR) is 93.8 cm³/mol. The van der Waals surface area contributed by atoms with Crippen LogP contribution in [0.1, 0.15) is 50.6 Å². The molecule has 2 aliphatic rings. The molecule has 2 saturated heterocycles. The van der Waals surface area contributed by atoms with Crippen LogP contribution < -0.4 is 5.32 Å². The fourth-order valence-corrected chi connectivity index (χ4v) is 4.09. The van der Waals surface area contributed by atoms with E-state index < -0.39 is 0 Å². The van der Waals surface area contributed by atoms with E-state index in [2.05, 4.69) is 49.5 Å². The summed E-state index contributed by atoms with van der Waals surface area (Å²) in [6.07, 6.45) is 2.70. The van der Waals surface area contributed by atoms with Gasteiger partial charge in [-0.1, -0.05) is 0 Å². The number of likely N-dealkylation sites (tertiary alicyclic amines) is 1. The second-order valence-corrected chi connectivity index (χ2v) is 8.12. The maximum Gasteiger partial charge on any atom is 0.0641 e. The van der Waals surface area contributed by atoms with Gasteiger partial charge in [-0.3, -0.25) is 9.58 Å². The van der Waals surface area contributed by atoms with E-state index in [9.17, 15) is 0 Å². The number of halogens is 1. The van der Waals surface area contributed by atoms with Gasteiger partial charge in [-0.15, -0.1) is 12.4 Å². The number of nitrogens with one attached hydrogen (secondary N) is 1. The lowest BCUT2D eigenvalue weighted by molar-refractivity contribution is 0.267. The topological polar surface area (TPSA) is 33.1 Å². The Labute approximate surface area is 141 Å². The molecular weight excluding hydrogens is 296 g/mol. The monoisotopic (exact) mass is 326 g/mol. The highest BCUT2D eigenvalue weighted by Crippen LogP contribution is 2.37. The van der Waals surface area contributed by atoms with Crippen LogP contribution in [0.4, 0.5) is 0 Å². The van der Waals surface area contributed by atoms with Crippen molar-refractivity contribution in [1.29, 1.82) is 0 Å². The van der Waals surface area contributed by atoms with Gasteiger partial charge in [-0.2, -0.15) is 5.10 Å². The summed E-state index contributed by atoms with van der Waals surface area (Å²) in [6.45, 7) is 17.0. The van der Waals surface area contributed by atoms with Gasteiger partial charge in [-0.25, -0.2) is 0 Å². The molecular formula is C17H31ClN4. The highest BCUT2D eigenvalue weighted by Gasteiger charge is 2.40. The minimum Gasteiger partial charge on any atom is -0.316 e. The first-order chi connectivity index (χ1) is 9.81. The molecule has 126 valence electrons. The van der Waals surface area contributed by atoms with Gasteiger partial charge in [0.15, 0.2) is 0 Å². The van der Waals surface area contributed by atoms with Crippen LogP contribution in [-0.4, -0.2) is 40.9 Å². The molecule has 0 radical (unpaired) electrons. The van der Waals surface area contributed by atoms with Crippen molar-refractivity contribution in [2.75, 3.05) is 26.2 Å². The average molecular weight is 327 g/mol. The third-order valence-corrected chi connectivity index (χ3v) is 5.31. The van der Waals surface area contributed by atoms with Gasteiger partial charge >= 0.3 is 0 Å². The summed E-state index contributed by atoms with van der Waals surface area (Å²) in [4.78, 5) is 2.64. The first-order valence-corrected chi connectivity index (χ1v) is 8.29. The maximum absolute atomic E-state index is 4.79. The summed E-state index contributed by atoms with van der Waals surface area (Å²) in [5.74, 6) is 0. The predicted octanol–water partition coefficient (Wildman–Crippen LogP) is 2.86. The Morgan fingerprint density at radius 2 is 1.95 bits per heavy atom. The Bertz CT molecular complexity index is 523. The van der Waals surface area contributed by atoms with Gasteiger partial charge in [-0.05, 0) is 66.0 Å². The number of nitrogens with zero attached hydrogens (tertiary/aromatic N) is 3. The van der Waals surface area contributed by atoms with E-state index in [0.717, 1.165) is 6.54 Å². The number of aryl methyl sites for hydroxylation is 1. The zero-order valence-corrected chi connectivity index (χ0v) is 15.5. The second-order valence-electron chi connectivity index (χ2n) is 8.12. The van der Waals surface area contributed by atoms with Crippen molar-refractivity contribution in [3.05, 3.63) is 17.0 Å². The molecule has 0 aromatic carbocycles. The molecule has 3 rings (SSSR count). The first kappa shape index (κ1) is 17.8. The van der Waals surface area contributed by atoms with Crippen molar-refractivity contribution in [1.82, 2.24) is 20.0 Å². The van der Waals surface area contributed by atoms with Crippen molar-refractivity contribution < 1.29 is 0 Å². The van der Waals surface area contributed by atoms with Crippen LogP contribution >= 0.6 is 12.4 Å². The normalized spacial score (nSPS) is 25.9. The van der Waals surface area contributed by atoms with E-state index >= 15 is 0 Å². The van der Waals surface area contributed by atoms with E-state index in [1.54, 1.807) is 0 Å². The maximum atomic E-state index is 4.79. The van der Waals surface area contributed by atoms with Gasteiger partial charge < -0.3 is 5.32 Å². The number of aromatic nitrogens is 2. The van der Waals surface area contributed by atoms with Gasteiger partial charge in [0.1, 0.15) is 0 Å². The van der Waals surface area contributed by atoms with E-state index in [0.29, 0.717) is 5.41 Å². The average Bonchev–Trinajstić information content (AvgIpc) is 3.07. The Kier molecular flexibility index (Phi) is 4.96. The van der Waals surface area contributed by atoms with Gasteiger partial charge in [0.05, 0.1) is 11.2 Å². The number of hydrogen-bond donors (Lipinski definition) is 1. The van der Waals surface area contributed by atoms with E-state index in [1.165, 1.54) is 56.0 Å². The minimum atomic E-state index is 0. The summed E-state index contributed by atoms with van der Waals surface area (Å²) < 4.78 is 2.20. The van der Waals surface area contributed by atoms with Crippen LogP contribution in [0.5, 0.6) is 0 Å². The molecule has 0 saturated carbocycles. The van der Waals surface area contributed by atoms with Crippen molar-refractivity contribution in [2.24, 2.45) is 5.41 Å². The van der Waals surface area contributed by atoms with Gasteiger partial charge in [0, 0.05) is 30.9 Å². The van der Waals surface area contributed by atoms with Crippen molar-refractivity contribution in [3.8, 4) is 0 Å². The van der Waals surface area contributed by atoms with Crippen LogP contribution in [0.3, 0.4) is 0 Å². The fourth-order valence-electron chi connectivity index (χ4n) is 4.09. The van der Waals surface area contributed by atoms with Crippen molar-refractivity contribution in [3.63, 3.8) is 0 Å². The van der Waals surface area contributed by atoms with E-state index in [1.807, 2.05) is 0 Å². The lowest BCUT2D eigenvalue weighted by Crippen LogP contribution is -2.29. The molecule has 1 aromatic heterocycles. The molecule has 0 amide bonds. The molecule has 4 nitrogen and oxygen atoms in total. The molecule has 3 heterocycles. The van der Waals surface area contributed by atoms with Crippen LogP contribution in [-0.2, 0) is 12.1 Å². The molecule has 0 bridgehead atoms. The quantitative estimate of drug-likeness (QED) is 0.907. The zero-order valence-electron chi connectivity index (χ0n) is 14.7. The summed E-state index contributed by atoms with van der Waals surface area (Å²) in [7, 11) is 0. The Morgan fingerprint density at radius 1 is 1.23 bits per heavy atom. The van der Waals surface area contributed by atoms with Crippen LogP contribution in [0, 0.1) is 19.3 Å². The molecule has 1 spiro atoms. The molecule has 1 unspecified atom stereocenters. The van der Waals surface area contributed by atoms with Crippen LogP contribution in [0.25, 0.3) is 0 Å². The lowest BCUT2D eigenvalue weighted by atomic mass is 9.86. The number of rotatable bonds is 2. The van der Waals surface area contributed by atoms with Crippen LogP contribution in [0.15, 0.2) is 0 Å². The smallest absolute Gasteiger partial charge is 0.0641 e.